The van der Waals surface area contributed by atoms with Crippen molar-refractivity contribution >= 4 is 23.7 Å². The Labute approximate surface area is 214 Å². The van der Waals surface area contributed by atoms with Crippen LogP contribution in [0.4, 0.5) is 5.69 Å². The van der Waals surface area contributed by atoms with Crippen LogP contribution in [0.25, 0.3) is 5.69 Å². The monoisotopic (exact) mass is 497 g/mol. The predicted molar refractivity (Wildman–Crippen MR) is 142 cm³/mol. The first-order valence-corrected chi connectivity index (χ1v) is 11.6. The molecule has 3 aromatic carbocycles. The van der Waals surface area contributed by atoms with Crippen molar-refractivity contribution in [3.63, 3.8) is 0 Å². The Bertz CT molecular complexity index is 1500. The Morgan fingerprint density at radius 2 is 1.59 bits per heavy atom. The molecular weight excluding hydrogens is 470 g/mol. The standard InChI is InChI=1S/C28H27N5O4/c1-19-9-7-8-10-22(19)18-37-24-15-13-21(14-16-24)17-29-31-27(35)26(34)30-25-20(2)32(3)33(28(25)36)23-11-5-4-6-12-23/h4-17H,18H2,1-3H3,(H,30,34)(H,31,35)/b29-17+. The molecule has 0 fully saturated rings. The van der Waals surface area contributed by atoms with E-state index in [1.807, 2.05) is 37.3 Å². The van der Waals surface area contributed by atoms with E-state index in [1.54, 1.807) is 67.2 Å². The maximum atomic E-state index is 12.9. The van der Waals surface area contributed by atoms with E-state index in [1.165, 1.54) is 10.9 Å². The van der Waals surface area contributed by atoms with Gasteiger partial charge in [0, 0.05) is 7.05 Å². The van der Waals surface area contributed by atoms with Crippen molar-refractivity contribution < 1.29 is 14.3 Å². The number of rotatable bonds is 7. The lowest BCUT2D eigenvalue weighted by molar-refractivity contribution is -0.136. The summed E-state index contributed by atoms with van der Waals surface area (Å²) >= 11 is 0. The maximum Gasteiger partial charge on any atom is 0.329 e. The van der Waals surface area contributed by atoms with Gasteiger partial charge >= 0.3 is 11.8 Å². The number of benzene rings is 3. The molecule has 0 aliphatic heterocycles. The van der Waals surface area contributed by atoms with Gasteiger partial charge in [-0.05, 0) is 66.9 Å². The number of aromatic nitrogens is 2. The van der Waals surface area contributed by atoms with Crippen LogP contribution in [0.15, 0.2) is 88.8 Å². The second-order valence-electron chi connectivity index (χ2n) is 8.37. The third kappa shape index (κ3) is 5.84. The number of hydrogen-bond acceptors (Lipinski definition) is 5. The summed E-state index contributed by atoms with van der Waals surface area (Å²) in [7, 11) is 1.70. The van der Waals surface area contributed by atoms with Gasteiger partial charge in [-0.3, -0.25) is 19.1 Å². The highest BCUT2D eigenvalue weighted by Gasteiger charge is 2.21. The quantitative estimate of drug-likeness (QED) is 0.232. The topological polar surface area (TPSA) is 107 Å². The largest absolute Gasteiger partial charge is 0.489 e. The normalized spacial score (nSPS) is 10.9. The summed E-state index contributed by atoms with van der Waals surface area (Å²) < 4.78 is 8.84. The summed E-state index contributed by atoms with van der Waals surface area (Å²) in [6, 6.07) is 24.2. The lowest BCUT2D eigenvalue weighted by atomic mass is 10.1. The van der Waals surface area contributed by atoms with Crippen LogP contribution < -0.4 is 21.0 Å². The van der Waals surface area contributed by atoms with E-state index < -0.39 is 17.4 Å². The predicted octanol–water partition coefficient (Wildman–Crippen LogP) is 3.46. The summed E-state index contributed by atoms with van der Waals surface area (Å²) in [6.45, 7) is 4.18. The average molecular weight is 498 g/mol. The Hall–Kier alpha value is -4.92. The smallest absolute Gasteiger partial charge is 0.329 e. The van der Waals surface area contributed by atoms with Crippen molar-refractivity contribution in [2.75, 3.05) is 5.32 Å². The molecule has 0 unspecified atom stereocenters. The van der Waals surface area contributed by atoms with Crippen LogP contribution in [0.1, 0.15) is 22.4 Å². The molecule has 0 aliphatic carbocycles. The number of hydrazone groups is 1. The molecule has 4 rings (SSSR count). The Morgan fingerprint density at radius 1 is 0.919 bits per heavy atom. The number of nitrogens with one attached hydrogen (secondary N) is 2. The number of carbonyl (C=O) groups excluding carboxylic acids is 2. The lowest BCUT2D eigenvalue weighted by Crippen LogP contribution is -2.34. The highest BCUT2D eigenvalue weighted by molar-refractivity contribution is 6.39. The molecule has 0 bridgehead atoms. The van der Waals surface area contributed by atoms with Gasteiger partial charge in [-0.25, -0.2) is 10.1 Å². The number of carbonyl (C=O) groups is 2. The molecule has 0 atom stereocenters. The number of hydrogen-bond donors (Lipinski definition) is 2. The zero-order valence-corrected chi connectivity index (χ0v) is 20.8. The molecule has 0 radical (unpaired) electrons. The SMILES string of the molecule is Cc1ccccc1COc1ccc(/C=N/NC(=O)C(=O)Nc2c(C)n(C)n(-c3ccccc3)c2=O)cc1. The maximum absolute atomic E-state index is 12.9. The van der Waals surface area contributed by atoms with Crippen LogP contribution in [0, 0.1) is 13.8 Å². The van der Waals surface area contributed by atoms with Crippen LogP contribution >= 0.6 is 0 Å². The second kappa shape index (κ2) is 11.2. The number of para-hydroxylation sites is 1. The lowest BCUT2D eigenvalue weighted by Gasteiger charge is -2.08. The van der Waals surface area contributed by atoms with Crippen LogP contribution in [-0.4, -0.2) is 27.4 Å². The Balaban J connectivity index is 1.33. The van der Waals surface area contributed by atoms with Gasteiger partial charge in [0.25, 0.3) is 5.56 Å². The van der Waals surface area contributed by atoms with Crippen LogP contribution in [0.5, 0.6) is 5.75 Å². The molecule has 2 N–H and O–H groups in total. The van der Waals surface area contributed by atoms with Gasteiger partial charge in [0.1, 0.15) is 18.0 Å². The minimum atomic E-state index is -0.997. The summed E-state index contributed by atoms with van der Waals surface area (Å²) in [5, 5.41) is 6.24. The first kappa shape index (κ1) is 25.2. The molecular formula is C28H27N5O4. The molecule has 1 heterocycles. The molecule has 0 saturated carbocycles. The van der Waals surface area contributed by atoms with Gasteiger partial charge in [0.2, 0.25) is 0 Å². The number of nitrogens with zero attached hydrogens (tertiary/aromatic N) is 3. The van der Waals surface area contributed by atoms with Crippen molar-refractivity contribution in [3.05, 3.63) is 112 Å². The van der Waals surface area contributed by atoms with Gasteiger partial charge in [-0.15, -0.1) is 0 Å². The second-order valence-corrected chi connectivity index (χ2v) is 8.37. The molecule has 2 amide bonds. The Morgan fingerprint density at radius 3 is 2.30 bits per heavy atom. The van der Waals surface area contributed by atoms with E-state index in [4.69, 9.17) is 4.74 Å². The summed E-state index contributed by atoms with van der Waals surface area (Å²) in [4.78, 5) is 37.5. The van der Waals surface area contributed by atoms with Crippen LogP contribution in [0.3, 0.4) is 0 Å². The number of anilines is 1. The molecule has 4 aromatic rings. The van der Waals surface area contributed by atoms with Gasteiger partial charge in [-0.2, -0.15) is 5.10 Å². The van der Waals surface area contributed by atoms with Gasteiger partial charge in [-0.1, -0.05) is 42.5 Å². The molecule has 0 aliphatic rings. The summed E-state index contributed by atoms with van der Waals surface area (Å²) in [6.07, 6.45) is 1.41. The van der Waals surface area contributed by atoms with E-state index in [9.17, 15) is 14.4 Å². The fourth-order valence-electron chi connectivity index (χ4n) is 3.68. The van der Waals surface area contributed by atoms with Crippen molar-refractivity contribution in [1.82, 2.24) is 14.8 Å². The minimum absolute atomic E-state index is 0.0248. The molecule has 188 valence electrons. The van der Waals surface area contributed by atoms with Crippen LogP contribution in [0.2, 0.25) is 0 Å². The number of amides is 2. The molecule has 9 heteroatoms. The molecule has 0 spiro atoms. The van der Waals surface area contributed by atoms with Gasteiger partial charge < -0.3 is 10.1 Å². The molecule has 9 nitrogen and oxygen atoms in total. The third-order valence-corrected chi connectivity index (χ3v) is 5.91. The minimum Gasteiger partial charge on any atom is -0.489 e. The van der Waals surface area contributed by atoms with E-state index in [0.717, 1.165) is 11.1 Å². The summed E-state index contributed by atoms with van der Waals surface area (Å²) in [5.41, 5.74) is 5.88. The number of ether oxygens (including phenoxy) is 1. The zero-order valence-electron chi connectivity index (χ0n) is 20.8. The fourth-order valence-corrected chi connectivity index (χ4v) is 3.68. The number of aryl methyl sites for hydroxylation is 1. The third-order valence-electron chi connectivity index (χ3n) is 5.91. The van der Waals surface area contributed by atoms with E-state index in [2.05, 4.69) is 15.8 Å². The van der Waals surface area contributed by atoms with Crippen molar-refractivity contribution in [2.45, 2.75) is 20.5 Å². The van der Waals surface area contributed by atoms with Gasteiger partial charge in [0.15, 0.2) is 0 Å². The Kier molecular flexibility index (Phi) is 7.63. The average Bonchev–Trinajstić information content (AvgIpc) is 3.12. The van der Waals surface area contributed by atoms with E-state index in [-0.39, 0.29) is 5.69 Å². The highest BCUT2D eigenvalue weighted by Crippen LogP contribution is 2.16. The first-order chi connectivity index (χ1) is 17.8. The summed E-state index contributed by atoms with van der Waals surface area (Å²) in [5.74, 6) is -1.30. The zero-order chi connectivity index (χ0) is 26.4. The first-order valence-electron chi connectivity index (χ1n) is 11.6. The van der Waals surface area contributed by atoms with Gasteiger partial charge in [0.05, 0.1) is 17.6 Å². The molecule has 0 saturated heterocycles. The van der Waals surface area contributed by atoms with E-state index in [0.29, 0.717) is 29.3 Å². The van der Waals surface area contributed by atoms with E-state index >= 15 is 0 Å². The fraction of sp³-hybridized carbons (Fsp3) is 0.143. The van der Waals surface area contributed by atoms with Crippen molar-refractivity contribution in [2.24, 2.45) is 12.1 Å². The van der Waals surface area contributed by atoms with Crippen molar-refractivity contribution in [3.8, 4) is 11.4 Å². The molecule has 37 heavy (non-hydrogen) atoms. The highest BCUT2D eigenvalue weighted by atomic mass is 16.5. The van der Waals surface area contributed by atoms with Crippen LogP contribution in [-0.2, 0) is 23.2 Å². The van der Waals surface area contributed by atoms with Crippen molar-refractivity contribution in [1.29, 1.82) is 0 Å². The molecule has 1 aromatic heterocycles.